The monoisotopic (exact) mass is 590 g/mol. The number of nitrogens with one attached hydrogen (secondary N) is 1. The summed E-state index contributed by atoms with van der Waals surface area (Å²) in [7, 11) is 0. The molecule has 1 aromatic carbocycles. The van der Waals surface area contributed by atoms with Crippen LogP contribution in [0.1, 0.15) is 57.9 Å². The van der Waals surface area contributed by atoms with Gasteiger partial charge in [0.25, 0.3) is 0 Å². The fourth-order valence-corrected chi connectivity index (χ4v) is 5.38. The summed E-state index contributed by atoms with van der Waals surface area (Å²) in [6.45, 7) is 7.68. The van der Waals surface area contributed by atoms with Gasteiger partial charge in [-0.05, 0) is 18.4 Å². The second kappa shape index (κ2) is 13.1. The van der Waals surface area contributed by atoms with Gasteiger partial charge in [0, 0.05) is 6.42 Å². The number of anilines is 1. The molecule has 0 spiro atoms. The van der Waals surface area contributed by atoms with Crippen LogP contribution in [0, 0.1) is 0 Å². The van der Waals surface area contributed by atoms with Gasteiger partial charge in [-0.1, -0.05) is 12.1 Å². The third-order valence-corrected chi connectivity index (χ3v) is 9.45. The molecular weight excluding hydrogens is 551 g/mol. The Kier molecular flexibility index (Phi) is 11.2. The maximum absolute atomic E-state index is 12.4. The Morgan fingerprint density at radius 3 is 2.52 bits per heavy atom. The molecule has 1 aliphatic rings. The van der Waals surface area contributed by atoms with Crippen molar-refractivity contribution in [2.24, 2.45) is 0 Å². The van der Waals surface area contributed by atoms with Gasteiger partial charge >= 0.3 is 125 Å². The number of imide groups is 1. The number of carbonyl (C=O) groups is 3. The predicted molar refractivity (Wildman–Crippen MR) is 147 cm³/mol. The van der Waals surface area contributed by atoms with Gasteiger partial charge in [0.05, 0.1) is 10.9 Å². The van der Waals surface area contributed by atoms with Crippen LogP contribution < -0.4 is 10.2 Å². The molecule has 1 N–H and O–H groups in total. The van der Waals surface area contributed by atoms with E-state index in [2.05, 4.69) is 35.9 Å². The molecule has 0 bridgehead atoms. The van der Waals surface area contributed by atoms with Gasteiger partial charge in [0.15, 0.2) is 0 Å². The third kappa shape index (κ3) is 8.87. The van der Waals surface area contributed by atoms with Crippen LogP contribution in [0.25, 0.3) is 0 Å². The minimum atomic E-state index is -0.751. The first-order valence-corrected chi connectivity index (χ1v) is 18.5. The number of alkyl halides is 3. The summed E-state index contributed by atoms with van der Waals surface area (Å²) in [6.07, 6.45) is 4.10. The topological polar surface area (TPSA) is 75.7 Å². The van der Waals surface area contributed by atoms with Crippen LogP contribution in [0.4, 0.5) is 5.69 Å². The van der Waals surface area contributed by atoms with Gasteiger partial charge in [-0.15, -0.1) is 0 Å². The maximum Gasteiger partial charge on any atom is 0.247 e. The number of hydrogen-bond acceptors (Lipinski definition) is 5. The van der Waals surface area contributed by atoms with E-state index in [-0.39, 0.29) is 40.9 Å². The Bertz CT molecular complexity index is 813. The molecule has 1 aromatic rings. The standard InChI is InChI=1S/C25H39IN2O4S/c1-18(7-12-22(29)27-15-13-25(2,3)32-16-14-26(4)5)19-8-10-20(11-9-19)28-23(30)17-21(33-6)24(28)31/h8-11,18,21H,7,12-17H2,1-6H3,(H,27,29). The maximum atomic E-state index is 12.4. The van der Waals surface area contributed by atoms with Crippen LogP contribution >= 0.6 is 31.6 Å². The fourth-order valence-electron chi connectivity index (χ4n) is 3.66. The Labute approximate surface area is 210 Å². The average Bonchev–Trinajstić information content (AvgIpc) is 3.04. The number of carbonyl (C=O) groups excluding carboxylic acids is 3. The van der Waals surface area contributed by atoms with Crippen LogP contribution in [-0.4, -0.2) is 62.3 Å². The first-order valence-electron chi connectivity index (χ1n) is 11.4. The zero-order valence-corrected chi connectivity index (χ0v) is 23.8. The molecule has 6 nitrogen and oxygen atoms in total. The van der Waals surface area contributed by atoms with Gasteiger partial charge in [0.1, 0.15) is 0 Å². The average molecular weight is 591 g/mol. The second-order valence-electron chi connectivity index (χ2n) is 9.34. The number of hydrogen-bond donors (Lipinski definition) is 1. The van der Waals surface area contributed by atoms with E-state index in [1.54, 1.807) is 0 Å². The van der Waals surface area contributed by atoms with Gasteiger partial charge in [-0.2, -0.15) is 11.8 Å². The molecule has 1 heterocycles. The first-order chi connectivity index (χ1) is 15.5. The Morgan fingerprint density at radius 1 is 1.27 bits per heavy atom. The van der Waals surface area contributed by atoms with Crippen molar-refractivity contribution in [2.45, 2.75) is 63.2 Å². The summed E-state index contributed by atoms with van der Waals surface area (Å²) < 4.78 is 7.19. The van der Waals surface area contributed by atoms with E-state index < -0.39 is 19.8 Å². The number of thioether (sulfide) groups is 1. The van der Waals surface area contributed by atoms with E-state index in [9.17, 15) is 14.4 Å². The summed E-state index contributed by atoms with van der Waals surface area (Å²) in [5, 5.41) is 2.73. The van der Waals surface area contributed by atoms with Gasteiger partial charge < -0.3 is 0 Å². The van der Waals surface area contributed by atoms with Crippen molar-refractivity contribution in [3.05, 3.63) is 29.8 Å². The summed E-state index contributed by atoms with van der Waals surface area (Å²) in [5.74, 6) is -0.0247. The van der Waals surface area contributed by atoms with Crippen molar-refractivity contribution in [1.29, 1.82) is 0 Å². The molecule has 0 aromatic heterocycles. The van der Waals surface area contributed by atoms with Crippen LogP contribution in [-0.2, 0) is 19.1 Å². The SMILES string of the molecule is CSC1CC(=O)N(c2ccc(C(C)CCC(=O)NCCC(C)(C)OCCI(C)C)cc2)C1=O. The van der Waals surface area contributed by atoms with Crippen LogP contribution in [0.5, 0.6) is 0 Å². The summed E-state index contributed by atoms with van der Waals surface area (Å²) >= 11 is 0.664. The zero-order valence-electron chi connectivity index (χ0n) is 20.8. The van der Waals surface area contributed by atoms with E-state index >= 15 is 0 Å². The van der Waals surface area contributed by atoms with Crippen LogP contribution in [0.15, 0.2) is 24.3 Å². The van der Waals surface area contributed by atoms with E-state index in [0.29, 0.717) is 18.7 Å². The normalized spacial score (nSPS) is 17.9. The third-order valence-electron chi connectivity index (χ3n) is 5.91. The van der Waals surface area contributed by atoms with Gasteiger partial charge in [-0.25, -0.2) is 4.90 Å². The molecule has 0 aliphatic carbocycles. The molecule has 0 radical (unpaired) electrons. The number of amides is 3. The quantitative estimate of drug-likeness (QED) is 0.206. The van der Waals surface area contributed by atoms with Crippen molar-refractivity contribution >= 4 is 55.0 Å². The number of nitrogens with zero attached hydrogens (tertiary/aromatic N) is 1. The molecule has 2 unspecified atom stereocenters. The van der Waals surface area contributed by atoms with Crippen LogP contribution in [0.2, 0.25) is 0 Å². The Hall–Kier alpha value is -1.13. The van der Waals surface area contributed by atoms with Crippen molar-refractivity contribution in [3.63, 3.8) is 0 Å². The van der Waals surface area contributed by atoms with E-state index in [4.69, 9.17) is 4.74 Å². The van der Waals surface area contributed by atoms with Gasteiger partial charge in [0.2, 0.25) is 11.8 Å². The second-order valence-corrected chi connectivity index (χ2v) is 16.7. The molecule has 186 valence electrons. The molecular formula is C25H39IN2O4S. The van der Waals surface area contributed by atoms with E-state index in [1.165, 1.54) is 21.1 Å². The summed E-state index contributed by atoms with van der Waals surface area (Å²) in [4.78, 5) is 42.9. The number of halogens is 1. The first kappa shape index (κ1) is 28.1. The molecule has 1 saturated heterocycles. The number of benzene rings is 1. The molecule has 2 atom stereocenters. The van der Waals surface area contributed by atoms with Crippen molar-refractivity contribution in [1.82, 2.24) is 5.32 Å². The molecule has 8 heteroatoms. The minimum absolute atomic E-state index is 0.0566. The molecule has 2 rings (SSSR count). The summed E-state index contributed by atoms with van der Waals surface area (Å²) in [5.41, 5.74) is 1.49. The molecule has 33 heavy (non-hydrogen) atoms. The van der Waals surface area contributed by atoms with Crippen molar-refractivity contribution in [2.75, 3.05) is 38.6 Å². The van der Waals surface area contributed by atoms with Gasteiger partial charge in [-0.3, -0.25) is 9.59 Å². The molecule has 3 amide bonds. The largest absolute Gasteiger partial charge is 0.273 e. The number of ether oxygens (including phenoxy) is 1. The minimum Gasteiger partial charge on any atom is -0.273 e. The molecule has 1 fully saturated rings. The Morgan fingerprint density at radius 2 is 1.94 bits per heavy atom. The smallest absolute Gasteiger partial charge is 0.247 e. The van der Waals surface area contributed by atoms with Crippen molar-refractivity contribution in [3.8, 4) is 0 Å². The van der Waals surface area contributed by atoms with E-state index in [1.807, 2.05) is 30.5 Å². The fraction of sp³-hybridized carbons (Fsp3) is 0.640. The number of rotatable bonds is 13. The zero-order chi connectivity index (χ0) is 24.6. The predicted octanol–water partition coefficient (Wildman–Crippen LogP) is 4.63. The summed E-state index contributed by atoms with van der Waals surface area (Å²) in [6, 6.07) is 7.55. The van der Waals surface area contributed by atoms with Crippen molar-refractivity contribution < 1.29 is 19.1 Å². The van der Waals surface area contributed by atoms with Crippen LogP contribution in [0.3, 0.4) is 0 Å². The Balaban J connectivity index is 1.75. The molecule has 1 aliphatic heterocycles. The van der Waals surface area contributed by atoms with E-state index in [0.717, 1.165) is 25.0 Å². The molecule has 0 saturated carbocycles.